The molecule has 6 heteroatoms. The van der Waals surface area contributed by atoms with Crippen molar-refractivity contribution in [3.63, 3.8) is 0 Å². The molecule has 3 rings (SSSR count). The molecular weight excluding hydrogens is 328 g/mol. The lowest BCUT2D eigenvalue weighted by atomic mass is 9.97. The fourth-order valence-corrected chi connectivity index (χ4v) is 4.35. The van der Waals surface area contributed by atoms with Gasteiger partial charge in [0, 0.05) is 45.4 Å². The number of nitrogens with one attached hydrogen (secondary N) is 1. The minimum atomic E-state index is 0.182. The van der Waals surface area contributed by atoms with Crippen LogP contribution in [0.15, 0.2) is 4.99 Å². The van der Waals surface area contributed by atoms with Crippen molar-refractivity contribution in [2.24, 2.45) is 10.9 Å². The average molecular weight is 367 g/mol. The van der Waals surface area contributed by atoms with E-state index < -0.39 is 0 Å². The fourth-order valence-electron chi connectivity index (χ4n) is 4.35. The molecule has 0 saturated carbocycles. The Kier molecular flexibility index (Phi) is 7.58. The molecule has 150 valence electrons. The van der Waals surface area contributed by atoms with E-state index in [4.69, 9.17) is 14.5 Å². The van der Waals surface area contributed by atoms with Crippen molar-refractivity contribution in [2.75, 3.05) is 52.5 Å². The number of hydrogen-bond acceptors (Lipinski definition) is 4. The van der Waals surface area contributed by atoms with Crippen LogP contribution in [-0.4, -0.2) is 86.5 Å². The van der Waals surface area contributed by atoms with Gasteiger partial charge in [-0.3, -0.25) is 4.99 Å². The molecule has 0 amide bonds. The molecule has 0 aromatic heterocycles. The molecule has 0 radical (unpaired) electrons. The number of guanidine groups is 1. The Hall–Kier alpha value is -0.850. The largest absolute Gasteiger partial charge is 0.375 e. The van der Waals surface area contributed by atoms with Gasteiger partial charge in [0.2, 0.25) is 0 Å². The number of aliphatic imine (C=N–C) groups is 1. The van der Waals surface area contributed by atoms with E-state index in [-0.39, 0.29) is 12.2 Å². The van der Waals surface area contributed by atoms with Crippen molar-refractivity contribution in [3.8, 4) is 0 Å². The number of piperidine rings is 1. The van der Waals surface area contributed by atoms with Crippen LogP contribution in [0, 0.1) is 5.92 Å². The molecule has 3 fully saturated rings. The summed E-state index contributed by atoms with van der Waals surface area (Å²) < 4.78 is 11.9. The molecule has 1 N–H and O–H groups in total. The number of nitrogens with zero attached hydrogens (tertiary/aromatic N) is 3. The van der Waals surface area contributed by atoms with Gasteiger partial charge in [-0.1, -0.05) is 0 Å². The average Bonchev–Trinajstić information content (AvgIpc) is 3.20. The zero-order chi connectivity index (χ0) is 18.4. The van der Waals surface area contributed by atoms with Gasteiger partial charge in [0.05, 0.1) is 12.7 Å². The summed E-state index contributed by atoms with van der Waals surface area (Å²) in [6, 6.07) is 0.640. The first-order chi connectivity index (χ1) is 12.7. The summed E-state index contributed by atoms with van der Waals surface area (Å²) in [7, 11) is 0. The van der Waals surface area contributed by atoms with Gasteiger partial charge in [-0.05, 0) is 58.9 Å². The summed E-state index contributed by atoms with van der Waals surface area (Å²) in [5, 5.41) is 3.50. The summed E-state index contributed by atoms with van der Waals surface area (Å²) in [5.41, 5.74) is 0. The van der Waals surface area contributed by atoms with Gasteiger partial charge in [-0.25, -0.2) is 0 Å². The maximum Gasteiger partial charge on any atom is 0.194 e. The maximum absolute atomic E-state index is 6.00. The van der Waals surface area contributed by atoms with Gasteiger partial charge >= 0.3 is 0 Å². The van der Waals surface area contributed by atoms with Crippen LogP contribution in [0.4, 0.5) is 0 Å². The molecule has 3 saturated heterocycles. The molecule has 0 spiro atoms. The van der Waals surface area contributed by atoms with Crippen LogP contribution in [0.5, 0.6) is 0 Å². The summed E-state index contributed by atoms with van der Waals surface area (Å²) in [5.74, 6) is 1.73. The second-order valence-corrected chi connectivity index (χ2v) is 8.20. The van der Waals surface area contributed by atoms with Crippen molar-refractivity contribution in [1.82, 2.24) is 15.1 Å². The standard InChI is InChI=1S/C20H38N4O2/c1-4-21-20(22-13-17-7-5-9-23(14-17)16(2)3)24-10-12-26-19(15-24)18-8-6-11-25-18/h16-19H,4-15H2,1-3H3,(H,21,22). The van der Waals surface area contributed by atoms with Crippen LogP contribution in [0.1, 0.15) is 46.5 Å². The molecule has 0 aromatic rings. The lowest BCUT2D eigenvalue weighted by Gasteiger charge is -2.38. The predicted octanol–water partition coefficient (Wildman–Crippen LogP) is 1.95. The smallest absolute Gasteiger partial charge is 0.194 e. The van der Waals surface area contributed by atoms with E-state index in [0.717, 1.165) is 58.2 Å². The monoisotopic (exact) mass is 366 g/mol. The molecule has 3 aliphatic heterocycles. The summed E-state index contributed by atoms with van der Waals surface area (Å²) >= 11 is 0. The molecule has 3 unspecified atom stereocenters. The van der Waals surface area contributed by atoms with Crippen molar-refractivity contribution in [2.45, 2.75) is 64.7 Å². The Labute approximate surface area is 159 Å². The minimum absolute atomic E-state index is 0.182. The molecule has 26 heavy (non-hydrogen) atoms. The minimum Gasteiger partial charge on any atom is -0.375 e. The van der Waals surface area contributed by atoms with Gasteiger partial charge in [-0.2, -0.15) is 0 Å². The van der Waals surface area contributed by atoms with Crippen molar-refractivity contribution >= 4 is 5.96 Å². The van der Waals surface area contributed by atoms with E-state index >= 15 is 0 Å². The highest BCUT2D eigenvalue weighted by atomic mass is 16.5. The second-order valence-electron chi connectivity index (χ2n) is 8.20. The van der Waals surface area contributed by atoms with Gasteiger partial charge in [0.1, 0.15) is 6.10 Å². The third-order valence-corrected chi connectivity index (χ3v) is 5.89. The fraction of sp³-hybridized carbons (Fsp3) is 0.950. The van der Waals surface area contributed by atoms with Gasteiger partial charge < -0.3 is 24.6 Å². The Bertz CT molecular complexity index is 451. The summed E-state index contributed by atoms with van der Waals surface area (Å²) in [6.45, 7) is 14.4. The topological polar surface area (TPSA) is 49.3 Å². The quantitative estimate of drug-likeness (QED) is 0.595. The first-order valence-corrected chi connectivity index (χ1v) is 10.7. The highest BCUT2D eigenvalue weighted by molar-refractivity contribution is 5.80. The first-order valence-electron chi connectivity index (χ1n) is 10.7. The lowest BCUT2D eigenvalue weighted by Crippen LogP contribution is -2.53. The Morgan fingerprint density at radius 3 is 2.65 bits per heavy atom. The van der Waals surface area contributed by atoms with Crippen LogP contribution in [0.3, 0.4) is 0 Å². The normalized spacial score (nSPS) is 31.6. The van der Waals surface area contributed by atoms with Crippen LogP contribution in [-0.2, 0) is 9.47 Å². The van der Waals surface area contributed by atoms with Crippen LogP contribution >= 0.6 is 0 Å². The van der Waals surface area contributed by atoms with E-state index in [1.807, 2.05) is 0 Å². The molecule has 3 heterocycles. The number of morpholine rings is 1. The summed E-state index contributed by atoms with van der Waals surface area (Å²) in [6.07, 6.45) is 5.33. The molecular formula is C20H38N4O2. The number of likely N-dealkylation sites (tertiary alicyclic amines) is 1. The number of ether oxygens (including phenoxy) is 2. The van der Waals surface area contributed by atoms with E-state index in [0.29, 0.717) is 12.0 Å². The van der Waals surface area contributed by atoms with Crippen molar-refractivity contribution < 1.29 is 9.47 Å². The first kappa shape index (κ1) is 19.9. The Morgan fingerprint density at radius 1 is 1.08 bits per heavy atom. The highest BCUT2D eigenvalue weighted by Gasteiger charge is 2.32. The Balaban J connectivity index is 1.57. The zero-order valence-corrected chi connectivity index (χ0v) is 17.0. The predicted molar refractivity (Wildman–Crippen MR) is 106 cm³/mol. The molecule has 0 bridgehead atoms. The molecule has 3 aliphatic rings. The van der Waals surface area contributed by atoms with E-state index in [2.05, 4.69) is 35.9 Å². The number of rotatable bonds is 5. The third kappa shape index (κ3) is 5.33. The van der Waals surface area contributed by atoms with E-state index in [1.165, 1.54) is 25.9 Å². The molecule has 6 nitrogen and oxygen atoms in total. The summed E-state index contributed by atoms with van der Waals surface area (Å²) in [4.78, 5) is 10.00. The van der Waals surface area contributed by atoms with Gasteiger partial charge in [0.15, 0.2) is 5.96 Å². The van der Waals surface area contributed by atoms with Crippen molar-refractivity contribution in [1.29, 1.82) is 0 Å². The molecule has 3 atom stereocenters. The van der Waals surface area contributed by atoms with E-state index in [1.54, 1.807) is 0 Å². The van der Waals surface area contributed by atoms with E-state index in [9.17, 15) is 0 Å². The Morgan fingerprint density at radius 2 is 1.92 bits per heavy atom. The number of hydrogen-bond donors (Lipinski definition) is 1. The third-order valence-electron chi connectivity index (χ3n) is 5.89. The molecule has 0 aromatic carbocycles. The highest BCUT2D eigenvalue weighted by Crippen LogP contribution is 2.22. The second kappa shape index (κ2) is 9.90. The van der Waals surface area contributed by atoms with Crippen LogP contribution in [0.2, 0.25) is 0 Å². The zero-order valence-electron chi connectivity index (χ0n) is 17.0. The van der Waals surface area contributed by atoms with Gasteiger partial charge in [0.25, 0.3) is 0 Å². The van der Waals surface area contributed by atoms with Gasteiger partial charge in [-0.15, -0.1) is 0 Å². The van der Waals surface area contributed by atoms with Crippen LogP contribution < -0.4 is 5.32 Å². The van der Waals surface area contributed by atoms with Crippen LogP contribution in [0.25, 0.3) is 0 Å². The maximum atomic E-state index is 6.00. The SMILES string of the molecule is CCNC(=NCC1CCCN(C(C)C)C1)N1CCOC(C2CCCO2)C1. The molecule has 0 aliphatic carbocycles. The van der Waals surface area contributed by atoms with Crippen molar-refractivity contribution in [3.05, 3.63) is 0 Å². The lowest BCUT2D eigenvalue weighted by molar-refractivity contribution is -0.0817.